The Balaban J connectivity index is 3.17. The molecule has 1 aromatic carbocycles. The molecule has 3 amide bonds. The van der Waals surface area contributed by atoms with Crippen LogP contribution in [0.25, 0.3) is 0 Å². The average molecular weight is 480 g/mol. The summed E-state index contributed by atoms with van der Waals surface area (Å²) in [5, 5.41) is 15.5. The van der Waals surface area contributed by atoms with Gasteiger partial charge >= 0.3 is 12.1 Å². The quantitative estimate of drug-likeness (QED) is 0.415. The highest BCUT2D eigenvalue weighted by atomic mass is 16.6. The van der Waals surface area contributed by atoms with Crippen LogP contribution >= 0.6 is 0 Å². The summed E-state index contributed by atoms with van der Waals surface area (Å²) >= 11 is 0. The maximum absolute atomic E-state index is 13.2. The molecule has 0 aliphatic rings. The molecule has 0 spiro atoms. The zero-order valence-electron chi connectivity index (χ0n) is 20.8. The van der Waals surface area contributed by atoms with Gasteiger partial charge in [0.25, 0.3) is 0 Å². The Kier molecular flexibility index (Phi) is 11.3. The summed E-state index contributed by atoms with van der Waals surface area (Å²) in [6, 6.07) is 4.63. The molecule has 0 aromatic heterocycles. The molecule has 0 aliphatic heterocycles. The fraction of sp³-hybridized carbons (Fsp3) is 0.583. The van der Waals surface area contributed by atoms with Crippen LogP contribution < -0.4 is 10.6 Å². The summed E-state index contributed by atoms with van der Waals surface area (Å²) in [4.78, 5) is 51.5. The number of hydrogen-bond acceptors (Lipinski definition) is 7. The Labute approximate surface area is 201 Å². The van der Waals surface area contributed by atoms with Crippen molar-refractivity contribution in [2.45, 2.75) is 72.1 Å². The first-order chi connectivity index (χ1) is 15.9. The minimum Gasteiger partial charge on any atom is -0.508 e. The first-order valence-corrected chi connectivity index (χ1v) is 11.4. The van der Waals surface area contributed by atoms with Crippen LogP contribution in [-0.4, -0.2) is 65.2 Å². The Morgan fingerprint density at radius 1 is 1.09 bits per heavy atom. The van der Waals surface area contributed by atoms with E-state index in [9.17, 15) is 24.3 Å². The smallest absolute Gasteiger partial charge is 0.408 e. The van der Waals surface area contributed by atoms with Gasteiger partial charge in [0.2, 0.25) is 11.8 Å². The van der Waals surface area contributed by atoms with E-state index >= 15 is 0 Å². The van der Waals surface area contributed by atoms with Gasteiger partial charge in [-0.15, -0.1) is 0 Å². The number of aromatic hydroxyl groups is 1. The summed E-state index contributed by atoms with van der Waals surface area (Å²) in [5.41, 5.74) is -0.511. The zero-order valence-corrected chi connectivity index (χ0v) is 20.8. The second kappa shape index (κ2) is 13.4. The van der Waals surface area contributed by atoms with Crippen molar-refractivity contribution in [3.05, 3.63) is 29.8 Å². The van der Waals surface area contributed by atoms with Crippen molar-refractivity contribution >= 4 is 23.9 Å². The fourth-order valence-corrected chi connectivity index (χ4v) is 3.15. The molecule has 0 fully saturated rings. The number of esters is 1. The number of rotatable bonds is 11. The monoisotopic (exact) mass is 479 g/mol. The third-order valence-corrected chi connectivity index (χ3v) is 4.83. The maximum Gasteiger partial charge on any atom is 0.408 e. The predicted octanol–water partition coefficient (Wildman–Crippen LogP) is 2.65. The number of nitrogens with zero attached hydrogens (tertiary/aromatic N) is 1. The van der Waals surface area contributed by atoms with Crippen LogP contribution in [0.15, 0.2) is 24.3 Å². The summed E-state index contributed by atoms with van der Waals surface area (Å²) in [7, 11) is 0. The highest BCUT2D eigenvalue weighted by Gasteiger charge is 2.35. The van der Waals surface area contributed by atoms with E-state index in [1.807, 2.05) is 6.92 Å². The van der Waals surface area contributed by atoms with Gasteiger partial charge in [-0.2, -0.15) is 0 Å². The lowest BCUT2D eigenvalue weighted by Crippen LogP contribution is -2.51. The van der Waals surface area contributed by atoms with E-state index in [-0.39, 0.29) is 30.9 Å². The number of phenolic OH excluding ortho intramolecular Hbond substituents is 1. The number of phenols is 1. The lowest BCUT2D eigenvalue weighted by Gasteiger charge is -2.36. The van der Waals surface area contributed by atoms with Crippen LogP contribution in [0.1, 0.15) is 66.0 Å². The molecule has 0 saturated carbocycles. The van der Waals surface area contributed by atoms with Gasteiger partial charge in [0.1, 0.15) is 23.9 Å². The van der Waals surface area contributed by atoms with Crippen molar-refractivity contribution in [3.8, 4) is 5.75 Å². The normalized spacial score (nSPS) is 12.8. The standard InChI is InChI=1S/C24H37N3O7/c1-7-16(3)27(19(29)15-26-23(32)34-24(4,5)6)21(17-11-9-10-12-18(17)28)22(31)25-14-13-20(30)33-8-2/h9-12,16,21,28H,7-8,13-15H2,1-6H3,(H,25,31)(H,26,32). The number of benzene rings is 1. The molecule has 0 saturated heterocycles. The first kappa shape index (κ1) is 28.7. The largest absolute Gasteiger partial charge is 0.508 e. The Bertz CT molecular complexity index is 851. The van der Waals surface area contributed by atoms with E-state index in [0.717, 1.165) is 0 Å². The second-order valence-electron chi connectivity index (χ2n) is 8.72. The molecular formula is C24H37N3O7. The molecule has 2 atom stereocenters. The van der Waals surface area contributed by atoms with Gasteiger partial charge in [-0.3, -0.25) is 14.4 Å². The molecule has 10 heteroatoms. The summed E-state index contributed by atoms with van der Waals surface area (Å²) < 4.78 is 10.0. The minimum absolute atomic E-state index is 0.000454. The molecule has 1 rings (SSSR count). The lowest BCUT2D eigenvalue weighted by atomic mass is 10.00. The zero-order chi connectivity index (χ0) is 25.9. The second-order valence-corrected chi connectivity index (χ2v) is 8.72. The van der Waals surface area contributed by atoms with Gasteiger partial charge in [-0.1, -0.05) is 25.1 Å². The summed E-state index contributed by atoms with van der Waals surface area (Å²) in [6.45, 7) is 10.2. The Hall–Kier alpha value is -3.30. The van der Waals surface area contributed by atoms with Crippen molar-refractivity contribution in [1.29, 1.82) is 0 Å². The predicted molar refractivity (Wildman–Crippen MR) is 126 cm³/mol. The Morgan fingerprint density at radius 3 is 2.29 bits per heavy atom. The van der Waals surface area contributed by atoms with E-state index in [4.69, 9.17) is 9.47 Å². The van der Waals surface area contributed by atoms with Gasteiger partial charge in [0, 0.05) is 18.2 Å². The van der Waals surface area contributed by atoms with Gasteiger partial charge in [-0.05, 0) is 47.1 Å². The number of alkyl carbamates (subject to hydrolysis) is 1. The van der Waals surface area contributed by atoms with E-state index in [1.165, 1.54) is 11.0 Å². The molecule has 190 valence electrons. The van der Waals surface area contributed by atoms with Crippen molar-refractivity contribution in [2.75, 3.05) is 19.7 Å². The van der Waals surface area contributed by atoms with Gasteiger partial charge < -0.3 is 30.1 Å². The SMILES string of the molecule is CCOC(=O)CCNC(=O)C(c1ccccc1O)N(C(=O)CNC(=O)OC(C)(C)C)C(C)CC. The lowest BCUT2D eigenvalue weighted by molar-refractivity contribution is -0.144. The molecule has 1 aromatic rings. The number of para-hydroxylation sites is 1. The molecule has 0 radical (unpaired) electrons. The third kappa shape index (κ3) is 9.29. The number of ether oxygens (including phenoxy) is 2. The molecule has 10 nitrogen and oxygen atoms in total. The molecule has 0 bridgehead atoms. The average Bonchev–Trinajstić information content (AvgIpc) is 2.75. The van der Waals surface area contributed by atoms with Crippen LogP contribution in [0.3, 0.4) is 0 Å². The van der Waals surface area contributed by atoms with Crippen LogP contribution in [0.4, 0.5) is 4.79 Å². The van der Waals surface area contributed by atoms with Crippen LogP contribution in [0.5, 0.6) is 5.75 Å². The van der Waals surface area contributed by atoms with E-state index in [2.05, 4.69) is 10.6 Å². The molecule has 3 N–H and O–H groups in total. The first-order valence-electron chi connectivity index (χ1n) is 11.4. The van der Waals surface area contributed by atoms with E-state index in [1.54, 1.807) is 52.8 Å². The van der Waals surface area contributed by atoms with Crippen molar-refractivity contribution in [1.82, 2.24) is 15.5 Å². The highest BCUT2D eigenvalue weighted by Crippen LogP contribution is 2.31. The fourth-order valence-electron chi connectivity index (χ4n) is 3.15. The van der Waals surface area contributed by atoms with Gasteiger partial charge in [0.15, 0.2) is 0 Å². The summed E-state index contributed by atoms with van der Waals surface area (Å²) in [6.07, 6.45) is -0.286. The highest BCUT2D eigenvalue weighted by molar-refractivity contribution is 5.91. The molecular weight excluding hydrogens is 442 g/mol. The number of hydrogen-bond donors (Lipinski definition) is 3. The van der Waals surface area contributed by atoms with Crippen LogP contribution in [-0.2, 0) is 23.9 Å². The summed E-state index contributed by atoms with van der Waals surface area (Å²) in [5.74, 6) is -1.72. The van der Waals surface area contributed by atoms with E-state index < -0.39 is 48.1 Å². The molecule has 0 heterocycles. The van der Waals surface area contributed by atoms with Crippen LogP contribution in [0, 0.1) is 0 Å². The third-order valence-electron chi connectivity index (χ3n) is 4.83. The molecule has 0 aliphatic carbocycles. The minimum atomic E-state index is -1.19. The van der Waals surface area contributed by atoms with Crippen LogP contribution in [0.2, 0.25) is 0 Å². The van der Waals surface area contributed by atoms with E-state index in [0.29, 0.717) is 6.42 Å². The number of carbonyl (C=O) groups excluding carboxylic acids is 4. The number of amides is 3. The topological polar surface area (TPSA) is 134 Å². The molecule has 2 unspecified atom stereocenters. The molecule has 34 heavy (non-hydrogen) atoms. The number of nitrogens with one attached hydrogen (secondary N) is 2. The van der Waals surface area contributed by atoms with Crippen molar-refractivity contribution in [2.24, 2.45) is 0 Å². The number of carbonyl (C=O) groups is 4. The van der Waals surface area contributed by atoms with Crippen molar-refractivity contribution in [3.63, 3.8) is 0 Å². The van der Waals surface area contributed by atoms with Crippen molar-refractivity contribution < 1.29 is 33.8 Å². The maximum atomic E-state index is 13.2. The Morgan fingerprint density at radius 2 is 1.74 bits per heavy atom. The van der Waals surface area contributed by atoms with Gasteiger partial charge in [-0.25, -0.2) is 4.79 Å². The van der Waals surface area contributed by atoms with Gasteiger partial charge in [0.05, 0.1) is 13.0 Å².